The van der Waals surface area contributed by atoms with Gasteiger partial charge in [-0.05, 0) is 32.6 Å². The number of rotatable bonds is 5. The fourth-order valence-corrected chi connectivity index (χ4v) is 3.96. The van der Waals surface area contributed by atoms with Crippen LogP contribution >= 0.6 is 11.3 Å². The van der Waals surface area contributed by atoms with Gasteiger partial charge in [-0.15, -0.1) is 0 Å². The van der Waals surface area contributed by atoms with Gasteiger partial charge in [-0.25, -0.2) is 4.98 Å². The lowest BCUT2D eigenvalue weighted by molar-refractivity contribution is 0.0654. The molecule has 2 fully saturated rings. The van der Waals surface area contributed by atoms with Crippen molar-refractivity contribution in [2.45, 2.75) is 64.0 Å². The van der Waals surface area contributed by atoms with Crippen LogP contribution in [-0.2, 0) is 0 Å². The Morgan fingerprint density at radius 2 is 2.05 bits per heavy atom. The van der Waals surface area contributed by atoms with Crippen LogP contribution in [0.4, 0.5) is 10.9 Å². The molecule has 116 valence electrons. The Hall–Kier alpha value is -1.30. The van der Waals surface area contributed by atoms with E-state index in [4.69, 9.17) is 5.73 Å². The molecule has 0 atom stereocenters. The third-order valence-electron chi connectivity index (χ3n) is 4.37. The van der Waals surface area contributed by atoms with Crippen molar-refractivity contribution < 1.29 is 4.79 Å². The smallest absolute Gasteiger partial charge is 0.268 e. The predicted molar refractivity (Wildman–Crippen MR) is 86.8 cm³/mol. The molecule has 21 heavy (non-hydrogen) atoms. The number of hydrogen-bond donors (Lipinski definition) is 2. The van der Waals surface area contributed by atoms with Gasteiger partial charge in [0.25, 0.3) is 5.91 Å². The predicted octanol–water partition coefficient (Wildman–Crippen LogP) is 3.09. The summed E-state index contributed by atoms with van der Waals surface area (Å²) in [5.74, 6) is 0.436. The Kier molecular flexibility index (Phi) is 4.33. The molecular formula is C15H24N4OS. The lowest BCUT2D eigenvalue weighted by Crippen LogP contribution is -2.41. The Labute approximate surface area is 129 Å². The number of anilines is 2. The molecule has 1 aromatic heterocycles. The first-order valence-corrected chi connectivity index (χ1v) is 8.84. The summed E-state index contributed by atoms with van der Waals surface area (Å²) in [6.07, 6.45) is 8.34. The molecule has 0 aromatic carbocycles. The monoisotopic (exact) mass is 308 g/mol. The van der Waals surface area contributed by atoms with E-state index in [2.05, 4.69) is 10.3 Å². The molecule has 0 unspecified atom stereocenters. The third kappa shape index (κ3) is 3.31. The summed E-state index contributed by atoms with van der Waals surface area (Å²) >= 11 is 1.41. The average molecular weight is 308 g/mol. The second kappa shape index (κ2) is 6.22. The molecule has 3 N–H and O–H groups in total. The van der Waals surface area contributed by atoms with Crippen molar-refractivity contribution in [1.29, 1.82) is 0 Å². The molecule has 0 radical (unpaired) electrons. The van der Waals surface area contributed by atoms with Crippen molar-refractivity contribution in [3.63, 3.8) is 0 Å². The second-order valence-electron chi connectivity index (χ2n) is 6.03. The minimum absolute atomic E-state index is 0.0586. The highest BCUT2D eigenvalue weighted by atomic mass is 32.1. The van der Waals surface area contributed by atoms with Crippen molar-refractivity contribution in [2.75, 3.05) is 17.6 Å². The van der Waals surface area contributed by atoms with Crippen LogP contribution in [0.5, 0.6) is 0 Å². The van der Waals surface area contributed by atoms with E-state index in [0.717, 1.165) is 24.5 Å². The third-order valence-corrected chi connectivity index (χ3v) is 5.36. The van der Waals surface area contributed by atoms with Crippen LogP contribution in [0.15, 0.2) is 0 Å². The zero-order valence-electron chi connectivity index (χ0n) is 12.6. The zero-order valence-corrected chi connectivity index (χ0v) is 13.4. The number of nitrogens with zero attached hydrogens (tertiary/aromatic N) is 2. The minimum atomic E-state index is 0.0586. The minimum Gasteiger partial charge on any atom is -0.382 e. The first kappa shape index (κ1) is 14.6. The van der Waals surface area contributed by atoms with Gasteiger partial charge in [0.05, 0.1) is 0 Å². The van der Waals surface area contributed by atoms with Crippen molar-refractivity contribution in [3.8, 4) is 0 Å². The molecule has 2 saturated carbocycles. The van der Waals surface area contributed by atoms with E-state index in [1.165, 1.54) is 43.4 Å². The number of thiazole rings is 1. The molecule has 0 aliphatic heterocycles. The molecule has 5 nitrogen and oxygen atoms in total. The van der Waals surface area contributed by atoms with Gasteiger partial charge in [0, 0.05) is 18.6 Å². The van der Waals surface area contributed by atoms with Crippen molar-refractivity contribution in [1.82, 2.24) is 9.88 Å². The Bertz CT molecular complexity index is 506. The maximum Gasteiger partial charge on any atom is 0.268 e. The number of aromatic nitrogens is 1. The van der Waals surface area contributed by atoms with E-state index < -0.39 is 0 Å². The first-order chi connectivity index (χ1) is 10.2. The molecular weight excluding hydrogens is 284 g/mol. The molecule has 2 aliphatic carbocycles. The summed E-state index contributed by atoms with van der Waals surface area (Å²) < 4.78 is 0. The van der Waals surface area contributed by atoms with Gasteiger partial charge < -0.3 is 16.0 Å². The quantitative estimate of drug-likeness (QED) is 0.877. The van der Waals surface area contributed by atoms with Crippen molar-refractivity contribution >= 4 is 28.2 Å². The number of nitrogens with two attached hydrogens (primary N) is 1. The number of nitrogen functional groups attached to an aromatic ring is 1. The summed E-state index contributed by atoms with van der Waals surface area (Å²) in [4.78, 5) is 19.7. The number of hydrogen-bond acceptors (Lipinski definition) is 5. The van der Waals surface area contributed by atoms with E-state index in [1.54, 1.807) is 0 Å². The molecule has 1 heterocycles. The van der Waals surface area contributed by atoms with E-state index in [9.17, 15) is 4.79 Å². The van der Waals surface area contributed by atoms with Crippen LogP contribution in [-0.4, -0.2) is 34.4 Å². The maximum atomic E-state index is 12.8. The van der Waals surface area contributed by atoms with Gasteiger partial charge in [-0.3, -0.25) is 4.79 Å². The largest absolute Gasteiger partial charge is 0.382 e. The molecule has 2 aliphatic rings. The summed E-state index contributed by atoms with van der Waals surface area (Å²) in [5.41, 5.74) is 5.97. The summed E-state index contributed by atoms with van der Waals surface area (Å²) in [6, 6.07) is 0.900. The van der Waals surface area contributed by atoms with Crippen LogP contribution < -0.4 is 11.1 Å². The van der Waals surface area contributed by atoms with E-state index >= 15 is 0 Å². The summed E-state index contributed by atoms with van der Waals surface area (Å²) in [6.45, 7) is 2.79. The van der Waals surface area contributed by atoms with Crippen LogP contribution in [0.3, 0.4) is 0 Å². The fourth-order valence-electron chi connectivity index (χ4n) is 3.04. The van der Waals surface area contributed by atoms with Gasteiger partial charge in [0.1, 0.15) is 10.7 Å². The Morgan fingerprint density at radius 1 is 1.33 bits per heavy atom. The number of carbonyl (C=O) groups is 1. The van der Waals surface area contributed by atoms with Crippen LogP contribution in [0.25, 0.3) is 0 Å². The number of nitrogens with one attached hydrogen (secondary N) is 1. The lowest BCUT2D eigenvalue weighted by Gasteiger charge is -2.33. The second-order valence-corrected chi connectivity index (χ2v) is 7.03. The van der Waals surface area contributed by atoms with E-state index in [1.807, 2.05) is 11.8 Å². The van der Waals surface area contributed by atoms with Crippen LogP contribution in [0.2, 0.25) is 0 Å². The van der Waals surface area contributed by atoms with E-state index in [0.29, 0.717) is 22.8 Å². The molecule has 6 heteroatoms. The number of amides is 1. The topological polar surface area (TPSA) is 71.2 Å². The fraction of sp³-hybridized carbons (Fsp3) is 0.733. The zero-order chi connectivity index (χ0) is 14.8. The van der Waals surface area contributed by atoms with Crippen LogP contribution in [0.1, 0.15) is 61.5 Å². The van der Waals surface area contributed by atoms with Crippen LogP contribution in [0, 0.1) is 0 Å². The average Bonchev–Trinajstić information content (AvgIpc) is 3.22. The Morgan fingerprint density at radius 3 is 2.67 bits per heavy atom. The van der Waals surface area contributed by atoms with Gasteiger partial charge in [-0.2, -0.15) is 0 Å². The highest BCUT2D eigenvalue weighted by molar-refractivity contribution is 7.18. The molecule has 0 saturated heterocycles. The molecule has 1 amide bonds. The summed E-state index contributed by atoms with van der Waals surface area (Å²) in [5, 5.41) is 4.11. The van der Waals surface area contributed by atoms with Gasteiger partial charge >= 0.3 is 0 Å². The molecule has 0 spiro atoms. The molecule has 1 aromatic rings. The van der Waals surface area contributed by atoms with Gasteiger partial charge in [-0.1, -0.05) is 30.6 Å². The Balaban J connectivity index is 1.73. The highest BCUT2D eigenvalue weighted by Gasteiger charge is 2.29. The maximum absolute atomic E-state index is 12.8. The van der Waals surface area contributed by atoms with Gasteiger partial charge in [0.15, 0.2) is 5.13 Å². The van der Waals surface area contributed by atoms with Crippen molar-refractivity contribution in [3.05, 3.63) is 4.88 Å². The van der Waals surface area contributed by atoms with Gasteiger partial charge in [0.2, 0.25) is 0 Å². The normalized spacial score (nSPS) is 19.5. The standard InChI is InChI=1S/C15H24N4OS/c1-2-19(11-6-4-3-5-7-11)14(20)12-13(16)18-15(21-12)17-10-8-9-10/h10-11H,2-9,16H2,1H3,(H,17,18). The summed E-state index contributed by atoms with van der Waals surface area (Å²) in [7, 11) is 0. The first-order valence-electron chi connectivity index (χ1n) is 8.03. The lowest BCUT2D eigenvalue weighted by atomic mass is 9.94. The molecule has 3 rings (SSSR count). The highest BCUT2D eigenvalue weighted by Crippen LogP contribution is 2.32. The number of carbonyl (C=O) groups excluding carboxylic acids is 1. The molecule has 0 bridgehead atoms. The van der Waals surface area contributed by atoms with E-state index in [-0.39, 0.29) is 5.91 Å². The van der Waals surface area contributed by atoms with Crippen molar-refractivity contribution in [2.24, 2.45) is 0 Å². The SMILES string of the molecule is CCN(C(=O)c1sc(NC2CC2)nc1N)C1CCCCC1.